The lowest BCUT2D eigenvalue weighted by molar-refractivity contribution is 0.693. The summed E-state index contributed by atoms with van der Waals surface area (Å²) in [4.78, 5) is 0. The highest BCUT2D eigenvalue weighted by Crippen LogP contribution is 2.45. The number of hydrogen-bond donors (Lipinski definition) is 0. The van der Waals surface area contributed by atoms with E-state index in [1.807, 2.05) is 0 Å². The predicted octanol–water partition coefficient (Wildman–Crippen LogP) is 6.70. The molecule has 0 unspecified atom stereocenters. The van der Waals surface area contributed by atoms with Crippen LogP contribution in [0.15, 0.2) is 36.4 Å². The Hall–Kier alpha value is -1.76. The second kappa shape index (κ2) is 7.68. The smallest absolute Gasteiger partial charge is 0.0751 e. The molecule has 0 saturated carbocycles. The number of hydrogen-bond acceptors (Lipinski definition) is 0. The standard InChI is InChI=1S/C22H28N/c1-3-5-7-11-17-15-16-20-19-13-9-10-14-21(19)23-22(20)18(17)12-8-6-4-2/h9-10,13-16H,3-8,11-12H2,1-2H3. The molecule has 1 aliphatic rings. The van der Waals surface area contributed by atoms with Crippen molar-refractivity contribution in [1.82, 2.24) is 5.32 Å². The van der Waals surface area contributed by atoms with Gasteiger partial charge in [-0.15, -0.1) is 0 Å². The zero-order chi connectivity index (χ0) is 16.1. The molecule has 1 nitrogen and oxygen atoms in total. The molecule has 0 fully saturated rings. The lowest BCUT2D eigenvalue weighted by atomic mass is 9.92. The van der Waals surface area contributed by atoms with Gasteiger partial charge in [-0.25, -0.2) is 5.32 Å². The Morgan fingerprint density at radius 1 is 0.739 bits per heavy atom. The van der Waals surface area contributed by atoms with Crippen LogP contribution in [0.4, 0.5) is 11.4 Å². The third-order valence-electron chi connectivity index (χ3n) is 4.89. The molecule has 121 valence electrons. The third kappa shape index (κ3) is 3.44. The minimum absolute atomic E-state index is 1.14. The molecule has 23 heavy (non-hydrogen) atoms. The summed E-state index contributed by atoms with van der Waals surface area (Å²) in [6.45, 7) is 4.55. The highest BCUT2D eigenvalue weighted by Gasteiger charge is 2.23. The van der Waals surface area contributed by atoms with Gasteiger partial charge >= 0.3 is 0 Å². The summed E-state index contributed by atoms with van der Waals surface area (Å²) >= 11 is 0. The van der Waals surface area contributed by atoms with Gasteiger partial charge in [0.05, 0.1) is 11.4 Å². The lowest BCUT2D eigenvalue weighted by Gasteiger charge is -2.14. The molecular weight excluding hydrogens is 278 g/mol. The minimum atomic E-state index is 1.14. The largest absolute Gasteiger partial charge is 0.247 e. The third-order valence-corrected chi connectivity index (χ3v) is 4.89. The van der Waals surface area contributed by atoms with Gasteiger partial charge in [0.15, 0.2) is 0 Å². The summed E-state index contributed by atoms with van der Waals surface area (Å²) in [5.41, 5.74) is 8.10. The van der Waals surface area contributed by atoms with Gasteiger partial charge in [-0.1, -0.05) is 69.9 Å². The fourth-order valence-corrected chi connectivity index (χ4v) is 3.57. The molecule has 3 rings (SSSR count). The van der Waals surface area contributed by atoms with Crippen LogP contribution >= 0.6 is 0 Å². The Bertz CT molecular complexity index is 657. The molecule has 0 aliphatic carbocycles. The Morgan fingerprint density at radius 3 is 2.26 bits per heavy atom. The molecule has 0 aromatic heterocycles. The van der Waals surface area contributed by atoms with Crippen LogP contribution in [-0.4, -0.2) is 0 Å². The first-order valence-electron chi connectivity index (χ1n) is 9.31. The van der Waals surface area contributed by atoms with E-state index in [0.29, 0.717) is 0 Å². The summed E-state index contributed by atoms with van der Waals surface area (Å²) in [6, 6.07) is 13.2. The first-order chi connectivity index (χ1) is 11.3. The average molecular weight is 306 g/mol. The molecule has 1 radical (unpaired) electrons. The number of fused-ring (bicyclic) bond motifs is 3. The van der Waals surface area contributed by atoms with Crippen molar-refractivity contribution in [3.63, 3.8) is 0 Å². The molecule has 0 saturated heterocycles. The van der Waals surface area contributed by atoms with Gasteiger partial charge in [-0.05, 0) is 42.9 Å². The van der Waals surface area contributed by atoms with Crippen LogP contribution in [0.2, 0.25) is 0 Å². The minimum Gasteiger partial charge on any atom is -0.247 e. The van der Waals surface area contributed by atoms with Crippen molar-refractivity contribution in [2.75, 3.05) is 0 Å². The molecule has 0 atom stereocenters. The van der Waals surface area contributed by atoms with E-state index in [9.17, 15) is 0 Å². The normalized spacial score (nSPS) is 11.9. The summed E-state index contributed by atoms with van der Waals surface area (Å²) in [5.74, 6) is 0. The van der Waals surface area contributed by atoms with Crippen LogP contribution in [-0.2, 0) is 12.8 Å². The number of rotatable bonds is 8. The van der Waals surface area contributed by atoms with Crippen molar-refractivity contribution in [1.29, 1.82) is 0 Å². The van der Waals surface area contributed by atoms with Crippen molar-refractivity contribution >= 4 is 11.4 Å². The molecule has 1 heteroatoms. The molecule has 0 N–H and O–H groups in total. The van der Waals surface area contributed by atoms with Gasteiger partial charge in [-0.3, -0.25) is 0 Å². The topological polar surface area (TPSA) is 14.1 Å². The van der Waals surface area contributed by atoms with Crippen LogP contribution in [0.25, 0.3) is 11.1 Å². The van der Waals surface area contributed by atoms with Crippen molar-refractivity contribution < 1.29 is 0 Å². The monoisotopic (exact) mass is 306 g/mol. The number of nitrogens with zero attached hydrogens (tertiary/aromatic N) is 1. The Balaban J connectivity index is 1.91. The summed E-state index contributed by atoms with van der Waals surface area (Å²) < 4.78 is 0. The molecule has 0 amide bonds. The van der Waals surface area contributed by atoms with Crippen LogP contribution in [0.5, 0.6) is 0 Å². The van der Waals surface area contributed by atoms with E-state index in [4.69, 9.17) is 5.32 Å². The van der Waals surface area contributed by atoms with Crippen molar-refractivity contribution in [3.8, 4) is 11.1 Å². The highest BCUT2D eigenvalue weighted by molar-refractivity contribution is 5.92. The molecular formula is C22H28N. The van der Waals surface area contributed by atoms with Crippen LogP contribution < -0.4 is 5.32 Å². The molecule has 2 aromatic rings. The van der Waals surface area contributed by atoms with Gasteiger partial charge in [0.25, 0.3) is 0 Å². The highest BCUT2D eigenvalue weighted by atomic mass is 14.9. The maximum Gasteiger partial charge on any atom is 0.0751 e. The zero-order valence-electron chi connectivity index (χ0n) is 14.6. The van der Waals surface area contributed by atoms with E-state index in [1.54, 1.807) is 0 Å². The predicted molar refractivity (Wildman–Crippen MR) is 99.8 cm³/mol. The molecule has 1 heterocycles. The van der Waals surface area contributed by atoms with E-state index < -0.39 is 0 Å². The van der Waals surface area contributed by atoms with Gasteiger partial charge in [0, 0.05) is 11.1 Å². The van der Waals surface area contributed by atoms with Crippen molar-refractivity contribution in [2.24, 2.45) is 0 Å². The fourth-order valence-electron chi connectivity index (χ4n) is 3.57. The van der Waals surface area contributed by atoms with Gasteiger partial charge in [-0.2, -0.15) is 0 Å². The quantitative estimate of drug-likeness (QED) is 0.411. The first kappa shape index (κ1) is 16.1. The van der Waals surface area contributed by atoms with Gasteiger partial charge in [0.2, 0.25) is 0 Å². The number of para-hydroxylation sites is 1. The van der Waals surface area contributed by atoms with E-state index >= 15 is 0 Å². The number of unbranched alkanes of at least 4 members (excludes halogenated alkanes) is 4. The number of aryl methyl sites for hydroxylation is 1. The molecule has 2 aromatic carbocycles. The maximum absolute atomic E-state index is 4.98. The number of benzene rings is 2. The van der Waals surface area contributed by atoms with Gasteiger partial charge in [0.1, 0.15) is 0 Å². The Kier molecular flexibility index (Phi) is 5.38. The van der Waals surface area contributed by atoms with E-state index in [0.717, 1.165) is 5.69 Å². The Labute approximate surface area is 141 Å². The maximum atomic E-state index is 4.98. The van der Waals surface area contributed by atoms with E-state index in [2.05, 4.69) is 50.2 Å². The molecule has 0 bridgehead atoms. The second-order valence-electron chi connectivity index (χ2n) is 6.64. The first-order valence-corrected chi connectivity index (χ1v) is 9.31. The van der Waals surface area contributed by atoms with E-state index in [-0.39, 0.29) is 0 Å². The SMILES string of the molecule is CCCCCc1ccc2c(c1CCCCC)[N]c1ccccc1-2. The lowest BCUT2D eigenvalue weighted by Crippen LogP contribution is -2.00. The molecule has 0 spiro atoms. The average Bonchev–Trinajstić information content (AvgIpc) is 2.95. The van der Waals surface area contributed by atoms with Crippen LogP contribution in [0, 0.1) is 0 Å². The fraction of sp³-hybridized carbons (Fsp3) is 0.455. The van der Waals surface area contributed by atoms with Crippen LogP contribution in [0.3, 0.4) is 0 Å². The van der Waals surface area contributed by atoms with Crippen molar-refractivity contribution in [2.45, 2.75) is 65.2 Å². The second-order valence-corrected chi connectivity index (χ2v) is 6.64. The summed E-state index contributed by atoms with van der Waals surface area (Å²) in [5, 5.41) is 4.98. The van der Waals surface area contributed by atoms with Crippen molar-refractivity contribution in [3.05, 3.63) is 47.5 Å². The van der Waals surface area contributed by atoms with Gasteiger partial charge < -0.3 is 0 Å². The molecule has 1 aliphatic heterocycles. The van der Waals surface area contributed by atoms with E-state index in [1.165, 1.54) is 79.3 Å². The summed E-state index contributed by atoms with van der Waals surface area (Å²) in [6.07, 6.45) is 10.1. The zero-order valence-corrected chi connectivity index (χ0v) is 14.6. The Morgan fingerprint density at radius 2 is 1.48 bits per heavy atom. The van der Waals surface area contributed by atoms with Crippen LogP contribution in [0.1, 0.15) is 63.5 Å². The summed E-state index contributed by atoms with van der Waals surface area (Å²) in [7, 11) is 0.